The van der Waals surface area contributed by atoms with Gasteiger partial charge >= 0.3 is 0 Å². The molecule has 26 heavy (non-hydrogen) atoms. The van der Waals surface area contributed by atoms with Crippen molar-refractivity contribution in [2.45, 2.75) is 33.6 Å². The van der Waals surface area contributed by atoms with E-state index in [1.165, 1.54) is 0 Å². The Kier molecular flexibility index (Phi) is 4.16. The lowest BCUT2D eigenvalue weighted by molar-refractivity contribution is 0.808. The second-order valence-corrected chi connectivity index (χ2v) is 6.29. The van der Waals surface area contributed by atoms with Crippen molar-refractivity contribution in [2.75, 3.05) is 0 Å². The van der Waals surface area contributed by atoms with Crippen LogP contribution in [0.5, 0.6) is 0 Å². The average Bonchev–Trinajstić information content (AvgIpc) is 3.09. The maximum Gasteiger partial charge on any atom is 0.177 e. The average molecular weight is 344 g/mol. The van der Waals surface area contributed by atoms with E-state index in [1.54, 1.807) is 6.21 Å². The van der Waals surface area contributed by atoms with Gasteiger partial charge in [0.2, 0.25) is 0 Å². The number of para-hydroxylation sites is 1. The molecule has 3 aromatic heterocycles. The van der Waals surface area contributed by atoms with Gasteiger partial charge < -0.3 is 0 Å². The van der Waals surface area contributed by atoms with E-state index in [9.17, 15) is 0 Å². The molecule has 6 nitrogen and oxygen atoms in total. The number of fused-ring (bicyclic) bond motifs is 2. The van der Waals surface area contributed by atoms with Crippen molar-refractivity contribution in [2.24, 2.45) is 4.99 Å². The molecule has 0 unspecified atom stereocenters. The lowest BCUT2D eigenvalue weighted by Gasteiger charge is -2.04. The molecule has 0 amide bonds. The van der Waals surface area contributed by atoms with Crippen LogP contribution in [0, 0.1) is 13.8 Å². The van der Waals surface area contributed by atoms with Crippen LogP contribution >= 0.6 is 0 Å². The van der Waals surface area contributed by atoms with Gasteiger partial charge in [-0.25, -0.2) is 9.50 Å². The van der Waals surface area contributed by atoms with Crippen LogP contribution < -0.4 is 0 Å². The lowest BCUT2D eigenvalue weighted by atomic mass is 10.1. The summed E-state index contributed by atoms with van der Waals surface area (Å²) in [5.41, 5.74) is 5.54. The van der Waals surface area contributed by atoms with Crippen LogP contribution in [0.25, 0.3) is 16.6 Å². The summed E-state index contributed by atoms with van der Waals surface area (Å²) in [6.45, 7) is 5.85. The minimum atomic E-state index is 0.734. The zero-order valence-electron chi connectivity index (χ0n) is 15.1. The van der Waals surface area contributed by atoms with Gasteiger partial charge in [-0.3, -0.25) is 15.0 Å². The fourth-order valence-corrected chi connectivity index (χ4v) is 3.04. The van der Waals surface area contributed by atoms with E-state index in [0.717, 1.165) is 58.0 Å². The minimum Gasteiger partial charge on any atom is -0.259 e. The van der Waals surface area contributed by atoms with Crippen molar-refractivity contribution in [3.05, 3.63) is 59.4 Å². The Morgan fingerprint density at radius 1 is 1.08 bits per heavy atom. The molecule has 0 bridgehead atoms. The fraction of sp³-hybridized carbons (Fsp3) is 0.250. The van der Waals surface area contributed by atoms with E-state index >= 15 is 0 Å². The van der Waals surface area contributed by atoms with E-state index in [-0.39, 0.29) is 0 Å². The van der Waals surface area contributed by atoms with Crippen LogP contribution in [0.2, 0.25) is 0 Å². The molecule has 4 aromatic rings. The van der Waals surface area contributed by atoms with E-state index in [1.807, 2.05) is 43.6 Å². The van der Waals surface area contributed by atoms with Gasteiger partial charge in [0, 0.05) is 29.9 Å². The molecule has 0 saturated heterocycles. The number of aryl methyl sites for hydroxylation is 4. The number of nitrogens with zero attached hydrogens (tertiary/aromatic N) is 6. The lowest BCUT2D eigenvalue weighted by Crippen LogP contribution is -1.99. The molecule has 0 aliphatic carbocycles. The predicted octanol–water partition coefficient (Wildman–Crippen LogP) is 3.80. The third-order valence-electron chi connectivity index (χ3n) is 4.38. The van der Waals surface area contributed by atoms with Gasteiger partial charge in [0.05, 0.1) is 22.6 Å². The molecule has 0 atom stereocenters. The maximum absolute atomic E-state index is 4.81. The van der Waals surface area contributed by atoms with Crippen molar-refractivity contribution in [1.82, 2.24) is 24.6 Å². The number of pyridine rings is 1. The van der Waals surface area contributed by atoms with Gasteiger partial charge in [-0.15, -0.1) is 0 Å². The highest BCUT2D eigenvalue weighted by atomic mass is 15.3. The molecule has 3 heterocycles. The standard InChI is InChI=1S/C20H20N6/c1-4-21-17-7-5-6-15-8-9-16(23-19(15)17)10-11-18-24-20-14(3)22-12-13(2)26(20)25-18/h4-9,12H,10-11H2,1-3H3/b21-4-. The molecular formula is C20H20N6. The van der Waals surface area contributed by atoms with Gasteiger partial charge in [0.1, 0.15) is 0 Å². The van der Waals surface area contributed by atoms with Crippen LogP contribution in [0.4, 0.5) is 5.69 Å². The summed E-state index contributed by atoms with van der Waals surface area (Å²) < 4.78 is 1.86. The molecule has 0 radical (unpaired) electrons. The minimum absolute atomic E-state index is 0.734. The Labute approximate surface area is 151 Å². The summed E-state index contributed by atoms with van der Waals surface area (Å²) in [5.74, 6) is 0.811. The molecule has 4 rings (SSSR count). The predicted molar refractivity (Wildman–Crippen MR) is 103 cm³/mol. The molecule has 6 heteroatoms. The van der Waals surface area contributed by atoms with E-state index in [4.69, 9.17) is 4.98 Å². The van der Waals surface area contributed by atoms with Gasteiger partial charge in [-0.05, 0) is 39.3 Å². The van der Waals surface area contributed by atoms with Crippen molar-refractivity contribution in [3.63, 3.8) is 0 Å². The topological polar surface area (TPSA) is 68.3 Å². The fourth-order valence-electron chi connectivity index (χ4n) is 3.04. The Balaban J connectivity index is 1.63. The van der Waals surface area contributed by atoms with Crippen LogP contribution in [0.1, 0.15) is 29.8 Å². The van der Waals surface area contributed by atoms with E-state index in [0.29, 0.717) is 0 Å². The van der Waals surface area contributed by atoms with Crippen molar-refractivity contribution in [3.8, 4) is 0 Å². The molecule has 0 N–H and O–H groups in total. The summed E-state index contributed by atoms with van der Waals surface area (Å²) in [6.07, 6.45) is 5.13. The second kappa shape index (κ2) is 6.63. The SMILES string of the molecule is C/C=N\c1cccc2ccc(CCc3nc4c(C)ncc(C)n4n3)nc12. The Bertz CT molecular complexity index is 1090. The van der Waals surface area contributed by atoms with Crippen molar-refractivity contribution in [1.29, 1.82) is 0 Å². The highest BCUT2D eigenvalue weighted by Crippen LogP contribution is 2.24. The van der Waals surface area contributed by atoms with Crippen LogP contribution in [0.3, 0.4) is 0 Å². The molecule has 0 fully saturated rings. The first kappa shape index (κ1) is 16.3. The van der Waals surface area contributed by atoms with Crippen LogP contribution in [-0.2, 0) is 12.8 Å². The Hall–Kier alpha value is -3.15. The zero-order valence-corrected chi connectivity index (χ0v) is 15.1. The summed E-state index contributed by atoms with van der Waals surface area (Å²) in [4.78, 5) is 18.2. The number of rotatable bonds is 4. The number of hydrogen-bond donors (Lipinski definition) is 0. The van der Waals surface area contributed by atoms with Crippen LogP contribution in [-0.4, -0.2) is 30.8 Å². The number of aliphatic imine (C=N–C) groups is 1. The van der Waals surface area contributed by atoms with Crippen molar-refractivity contribution < 1.29 is 0 Å². The van der Waals surface area contributed by atoms with E-state index in [2.05, 4.69) is 38.3 Å². The molecular weight excluding hydrogens is 324 g/mol. The smallest absolute Gasteiger partial charge is 0.177 e. The molecule has 130 valence electrons. The first-order chi connectivity index (χ1) is 12.7. The third kappa shape index (κ3) is 2.94. The normalized spacial score (nSPS) is 11.8. The maximum atomic E-state index is 4.81. The first-order valence-corrected chi connectivity index (χ1v) is 8.71. The Morgan fingerprint density at radius 3 is 2.77 bits per heavy atom. The summed E-state index contributed by atoms with van der Waals surface area (Å²) in [5, 5.41) is 5.71. The molecule has 0 aliphatic rings. The molecule has 0 saturated carbocycles. The number of benzene rings is 1. The van der Waals surface area contributed by atoms with Gasteiger partial charge in [0.25, 0.3) is 0 Å². The van der Waals surface area contributed by atoms with E-state index < -0.39 is 0 Å². The zero-order chi connectivity index (χ0) is 18.1. The molecule has 0 aliphatic heterocycles. The number of hydrogen-bond acceptors (Lipinski definition) is 5. The van der Waals surface area contributed by atoms with Gasteiger partial charge in [-0.1, -0.05) is 18.2 Å². The highest BCUT2D eigenvalue weighted by Gasteiger charge is 2.10. The third-order valence-corrected chi connectivity index (χ3v) is 4.38. The van der Waals surface area contributed by atoms with Crippen molar-refractivity contribution >= 4 is 28.5 Å². The second-order valence-electron chi connectivity index (χ2n) is 6.29. The highest BCUT2D eigenvalue weighted by molar-refractivity contribution is 5.90. The summed E-state index contributed by atoms with van der Waals surface area (Å²) in [6, 6.07) is 10.2. The summed E-state index contributed by atoms with van der Waals surface area (Å²) >= 11 is 0. The monoisotopic (exact) mass is 344 g/mol. The quantitative estimate of drug-likeness (QED) is 0.528. The largest absolute Gasteiger partial charge is 0.259 e. The van der Waals surface area contributed by atoms with Gasteiger partial charge in [-0.2, -0.15) is 5.10 Å². The molecule has 1 aromatic carbocycles. The molecule has 0 spiro atoms. The first-order valence-electron chi connectivity index (χ1n) is 8.71. The number of aromatic nitrogens is 5. The van der Waals surface area contributed by atoms with Crippen LogP contribution in [0.15, 0.2) is 41.5 Å². The van der Waals surface area contributed by atoms with Gasteiger partial charge in [0.15, 0.2) is 11.5 Å². The Morgan fingerprint density at radius 2 is 1.96 bits per heavy atom. The summed E-state index contributed by atoms with van der Waals surface area (Å²) in [7, 11) is 0.